The molecule has 2 heterocycles. The Hall–Kier alpha value is -3.25. The van der Waals surface area contributed by atoms with Crippen LogP contribution < -0.4 is 10.6 Å². The Morgan fingerprint density at radius 3 is 2.85 bits per heavy atom. The fourth-order valence-electron chi connectivity index (χ4n) is 2.83. The van der Waals surface area contributed by atoms with Gasteiger partial charge in [0.15, 0.2) is 0 Å². The number of carbonyl (C=O) groups excluding carboxylic acids is 1. The number of rotatable bonds is 3. The predicted octanol–water partition coefficient (Wildman–Crippen LogP) is 4.43. The largest absolute Gasteiger partial charge is 0.359 e. The first-order chi connectivity index (χ1) is 12.7. The molecule has 7 heteroatoms. The second kappa shape index (κ2) is 6.57. The summed E-state index contributed by atoms with van der Waals surface area (Å²) in [5.41, 5.74) is 4.44. The van der Waals surface area contributed by atoms with Gasteiger partial charge in [-0.2, -0.15) is 5.10 Å². The standard InChI is InChI=1S/C19H16ClN5O/c1-21-19(26)24-17-10-22-16-7-6-12(8-14(16)17)13-9-23-25(11-13)18-5-3-2-4-15(18)20/h2-11,22H,1H3,(H2,21,24,26). The number of nitrogens with zero attached hydrogens (tertiary/aromatic N) is 2. The van der Waals surface area contributed by atoms with Gasteiger partial charge in [-0.15, -0.1) is 0 Å². The number of anilines is 1. The van der Waals surface area contributed by atoms with Crippen LogP contribution in [-0.4, -0.2) is 27.8 Å². The van der Waals surface area contributed by atoms with Gasteiger partial charge in [0.2, 0.25) is 0 Å². The molecule has 0 aliphatic carbocycles. The zero-order valence-electron chi connectivity index (χ0n) is 14.0. The summed E-state index contributed by atoms with van der Waals surface area (Å²) in [7, 11) is 1.58. The van der Waals surface area contributed by atoms with E-state index in [-0.39, 0.29) is 6.03 Å². The topological polar surface area (TPSA) is 74.7 Å². The highest BCUT2D eigenvalue weighted by Crippen LogP contribution is 2.30. The van der Waals surface area contributed by atoms with E-state index >= 15 is 0 Å². The molecule has 0 saturated heterocycles. The van der Waals surface area contributed by atoms with Gasteiger partial charge in [0.25, 0.3) is 0 Å². The van der Waals surface area contributed by atoms with E-state index in [1.165, 1.54) is 0 Å². The molecule has 2 aromatic heterocycles. The van der Waals surface area contributed by atoms with E-state index in [1.54, 1.807) is 24.1 Å². The van der Waals surface area contributed by atoms with Crippen LogP contribution in [0.15, 0.2) is 61.1 Å². The number of benzene rings is 2. The number of carbonyl (C=O) groups is 1. The van der Waals surface area contributed by atoms with Crippen LogP contribution in [0, 0.1) is 0 Å². The van der Waals surface area contributed by atoms with E-state index in [0.717, 1.165) is 33.4 Å². The van der Waals surface area contributed by atoms with Crippen LogP contribution in [0.3, 0.4) is 0 Å². The lowest BCUT2D eigenvalue weighted by atomic mass is 10.1. The predicted molar refractivity (Wildman–Crippen MR) is 104 cm³/mol. The molecule has 0 atom stereocenters. The Morgan fingerprint density at radius 1 is 1.19 bits per heavy atom. The van der Waals surface area contributed by atoms with E-state index in [4.69, 9.17) is 11.6 Å². The molecular formula is C19H16ClN5O. The van der Waals surface area contributed by atoms with Crippen LogP contribution in [0.4, 0.5) is 10.5 Å². The normalized spacial score (nSPS) is 10.8. The Kier molecular flexibility index (Phi) is 4.10. The summed E-state index contributed by atoms with van der Waals surface area (Å²) in [4.78, 5) is 14.8. The Morgan fingerprint density at radius 2 is 2.04 bits per heavy atom. The van der Waals surface area contributed by atoms with E-state index in [2.05, 4.69) is 20.7 Å². The van der Waals surface area contributed by atoms with Crippen LogP contribution >= 0.6 is 11.6 Å². The first-order valence-corrected chi connectivity index (χ1v) is 8.43. The van der Waals surface area contributed by atoms with Gasteiger partial charge < -0.3 is 15.6 Å². The monoisotopic (exact) mass is 365 g/mol. The molecule has 0 unspecified atom stereocenters. The molecule has 0 saturated carbocycles. The van der Waals surface area contributed by atoms with Gasteiger partial charge in [-0.25, -0.2) is 9.48 Å². The summed E-state index contributed by atoms with van der Waals surface area (Å²) < 4.78 is 1.75. The van der Waals surface area contributed by atoms with Crippen molar-refractivity contribution in [3.63, 3.8) is 0 Å². The van der Waals surface area contributed by atoms with Gasteiger partial charge in [-0.1, -0.05) is 29.8 Å². The highest BCUT2D eigenvalue weighted by Gasteiger charge is 2.10. The molecule has 0 fully saturated rings. The molecule has 4 aromatic rings. The van der Waals surface area contributed by atoms with Crippen molar-refractivity contribution in [1.29, 1.82) is 0 Å². The van der Waals surface area contributed by atoms with Gasteiger partial charge in [-0.3, -0.25) is 0 Å². The maximum Gasteiger partial charge on any atom is 0.319 e. The number of hydrogen-bond acceptors (Lipinski definition) is 2. The molecule has 0 aliphatic rings. The summed E-state index contributed by atoms with van der Waals surface area (Å²) >= 11 is 6.25. The average Bonchev–Trinajstić information content (AvgIpc) is 3.29. The van der Waals surface area contributed by atoms with Crippen LogP contribution in [0.2, 0.25) is 5.02 Å². The van der Waals surface area contributed by atoms with Crippen molar-refractivity contribution in [2.45, 2.75) is 0 Å². The molecule has 26 heavy (non-hydrogen) atoms. The van der Waals surface area contributed by atoms with E-state index in [0.29, 0.717) is 5.02 Å². The minimum absolute atomic E-state index is 0.261. The summed E-state index contributed by atoms with van der Waals surface area (Å²) in [6.45, 7) is 0. The Bertz CT molecular complexity index is 1100. The number of halogens is 1. The first kappa shape index (κ1) is 16.2. The molecule has 0 bridgehead atoms. The van der Waals surface area contributed by atoms with Gasteiger partial charge in [-0.05, 0) is 29.8 Å². The van der Waals surface area contributed by atoms with Crippen molar-refractivity contribution in [2.75, 3.05) is 12.4 Å². The molecule has 0 spiro atoms. The number of aromatic nitrogens is 3. The first-order valence-electron chi connectivity index (χ1n) is 8.05. The van der Waals surface area contributed by atoms with Crippen molar-refractivity contribution < 1.29 is 4.79 Å². The average molecular weight is 366 g/mol. The zero-order chi connectivity index (χ0) is 18.1. The number of nitrogens with one attached hydrogen (secondary N) is 3. The van der Waals surface area contributed by atoms with Crippen molar-refractivity contribution in [2.24, 2.45) is 0 Å². The molecule has 2 amide bonds. The van der Waals surface area contributed by atoms with Crippen LogP contribution in [0.1, 0.15) is 0 Å². The summed E-state index contributed by atoms with van der Waals surface area (Å²) in [6, 6.07) is 13.3. The fraction of sp³-hybridized carbons (Fsp3) is 0.0526. The third kappa shape index (κ3) is 2.91. The second-order valence-electron chi connectivity index (χ2n) is 5.79. The number of aromatic amines is 1. The van der Waals surface area contributed by atoms with Crippen molar-refractivity contribution >= 4 is 34.2 Å². The maximum atomic E-state index is 11.6. The maximum absolute atomic E-state index is 11.6. The molecule has 6 nitrogen and oxygen atoms in total. The molecule has 130 valence electrons. The second-order valence-corrected chi connectivity index (χ2v) is 6.20. The van der Waals surface area contributed by atoms with Gasteiger partial charge >= 0.3 is 6.03 Å². The summed E-state index contributed by atoms with van der Waals surface area (Å²) in [6.07, 6.45) is 5.50. The van der Waals surface area contributed by atoms with Gasteiger partial charge in [0.1, 0.15) is 0 Å². The van der Waals surface area contributed by atoms with Crippen molar-refractivity contribution in [3.05, 3.63) is 66.1 Å². The Balaban J connectivity index is 1.72. The molecular weight excluding hydrogens is 350 g/mol. The number of amides is 2. The van der Waals surface area contributed by atoms with Crippen LogP contribution in [0.25, 0.3) is 27.7 Å². The SMILES string of the molecule is CNC(=O)Nc1c[nH]c2ccc(-c3cnn(-c4ccccc4Cl)c3)cc12. The third-order valence-electron chi connectivity index (χ3n) is 4.17. The lowest BCUT2D eigenvalue weighted by molar-refractivity contribution is 0.254. The summed E-state index contributed by atoms with van der Waals surface area (Å²) in [5.74, 6) is 0. The number of urea groups is 1. The lowest BCUT2D eigenvalue weighted by Crippen LogP contribution is -2.24. The number of para-hydroxylation sites is 1. The van der Waals surface area contributed by atoms with Crippen molar-refractivity contribution in [3.8, 4) is 16.8 Å². The number of hydrogen-bond donors (Lipinski definition) is 3. The highest BCUT2D eigenvalue weighted by atomic mass is 35.5. The molecule has 4 rings (SSSR count). The highest BCUT2D eigenvalue weighted by molar-refractivity contribution is 6.32. The lowest BCUT2D eigenvalue weighted by Gasteiger charge is -2.04. The smallest absolute Gasteiger partial charge is 0.319 e. The molecule has 3 N–H and O–H groups in total. The summed E-state index contributed by atoms with van der Waals surface area (Å²) in [5, 5.41) is 11.4. The van der Waals surface area contributed by atoms with Gasteiger partial charge in [0, 0.05) is 35.9 Å². The zero-order valence-corrected chi connectivity index (χ0v) is 14.7. The van der Waals surface area contributed by atoms with E-state index in [1.807, 2.05) is 48.7 Å². The molecule has 2 aromatic carbocycles. The number of fused-ring (bicyclic) bond motifs is 1. The minimum Gasteiger partial charge on any atom is -0.359 e. The van der Waals surface area contributed by atoms with Gasteiger partial charge in [0.05, 0.1) is 22.6 Å². The molecule has 0 radical (unpaired) electrons. The minimum atomic E-state index is -0.261. The van der Waals surface area contributed by atoms with Crippen molar-refractivity contribution in [1.82, 2.24) is 20.1 Å². The van der Waals surface area contributed by atoms with Crippen LogP contribution in [-0.2, 0) is 0 Å². The Labute approximate surface area is 154 Å². The quantitative estimate of drug-likeness (QED) is 0.502. The third-order valence-corrected chi connectivity index (χ3v) is 4.49. The van der Waals surface area contributed by atoms with Crippen LogP contribution in [0.5, 0.6) is 0 Å². The fourth-order valence-corrected chi connectivity index (χ4v) is 3.05. The van der Waals surface area contributed by atoms with E-state index in [9.17, 15) is 4.79 Å². The number of H-pyrrole nitrogens is 1. The van der Waals surface area contributed by atoms with E-state index < -0.39 is 0 Å². The molecule has 0 aliphatic heterocycles.